The van der Waals surface area contributed by atoms with Gasteiger partial charge in [0.2, 0.25) is 0 Å². The van der Waals surface area contributed by atoms with Crippen molar-refractivity contribution in [2.75, 3.05) is 13.2 Å². The lowest BCUT2D eigenvalue weighted by Crippen LogP contribution is -2.37. The molecule has 0 amide bonds. The maximum atomic E-state index is 11.8. The third kappa shape index (κ3) is 13.2. The minimum atomic E-state index is -1.12. The molecule has 0 aliphatic carbocycles. The van der Waals surface area contributed by atoms with Gasteiger partial charge in [-0.3, -0.25) is 19.6 Å². The van der Waals surface area contributed by atoms with E-state index in [4.69, 9.17) is 42.1 Å². The summed E-state index contributed by atoms with van der Waals surface area (Å²) in [5, 5.41) is 66.9. The van der Waals surface area contributed by atoms with E-state index >= 15 is 0 Å². The number of hydrogen-bond donors (Lipinski definition) is 6. The van der Waals surface area contributed by atoms with E-state index in [-0.39, 0.29) is 69.0 Å². The Labute approximate surface area is 403 Å². The van der Waals surface area contributed by atoms with Crippen LogP contribution in [0, 0.1) is 36.5 Å². The maximum absolute atomic E-state index is 11.8. The van der Waals surface area contributed by atoms with E-state index in [1.165, 1.54) is 35.1 Å². The smallest absolute Gasteiger partial charge is 0.320 e. The fourth-order valence-corrected chi connectivity index (χ4v) is 9.45. The number of hydrogen-bond acceptors (Lipinski definition) is 16. The maximum Gasteiger partial charge on any atom is 0.320 e. The SMILES string of the molecule is Cc1c(COc2cc(OCc3cncc(C#N)c3)c(CNC(CCO)C(=O)O)cc2Cl)csc1-c1scc(Oc2cc(OCc3cncc(C#N)c3)c(CNC(CCO)C(=O)O)cc2Cl)c1C. The molecule has 6 rings (SSSR count). The average Bonchev–Trinajstić information content (AvgIpc) is 3.87. The first-order valence-electron chi connectivity index (χ1n) is 20.5. The van der Waals surface area contributed by atoms with Crippen LogP contribution in [0.2, 0.25) is 10.0 Å². The first-order valence-corrected chi connectivity index (χ1v) is 23.0. The number of aliphatic hydroxyl groups is 2. The molecule has 4 aromatic heterocycles. The van der Waals surface area contributed by atoms with Gasteiger partial charge in [0, 0.05) is 107 Å². The van der Waals surface area contributed by atoms with Crippen LogP contribution in [0.1, 0.15) is 62.9 Å². The van der Waals surface area contributed by atoms with Crippen molar-refractivity contribution in [3.8, 4) is 50.6 Å². The number of ether oxygens (including phenoxy) is 4. The molecule has 0 aliphatic rings. The van der Waals surface area contributed by atoms with Crippen molar-refractivity contribution in [2.45, 2.75) is 71.7 Å². The molecule has 6 N–H and O–H groups in total. The highest BCUT2D eigenvalue weighted by molar-refractivity contribution is 7.21. The molecule has 2 unspecified atom stereocenters. The Kier molecular flexibility index (Phi) is 17.9. The number of carboxylic acids is 2. The molecule has 20 heteroatoms. The predicted octanol–water partition coefficient (Wildman–Crippen LogP) is 8.31. The second kappa shape index (κ2) is 23.9. The minimum Gasteiger partial charge on any atom is -0.488 e. The van der Waals surface area contributed by atoms with Gasteiger partial charge in [0.25, 0.3) is 0 Å². The summed E-state index contributed by atoms with van der Waals surface area (Å²) in [6, 6.07) is 11.9. The Morgan fingerprint density at radius 3 is 1.63 bits per heavy atom. The van der Waals surface area contributed by atoms with Gasteiger partial charge in [-0.25, -0.2) is 0 Å². The number of nitrogens with zero attached hydrogens (tertiary/aromatic N) is 4. The first-order chi connectivity index (χ1) is 32.3. The van der Waals surface area contributed by atoms with Crippen molar-refractivity contribution >= 4 is 57.8 Å². The second-order valence-electron chi connectivity index (χ2n) is 15.0. The first kappa shape index (κ1) is 50.1. The van der Waals surface area contributed by atoms with E-state index in [9.17, 15) is 40.5 Å². The molecule has 0 aliphatic heterocycles. The van der Waals surface area contributed by atoms with Crippen LogP contribution >= 0.6 is 45.9 Å². The summed E-state index contributed by atoms with van der Waals surface area (Å²) in [6.07, 6.45) is 6.03. The number of nitrogens with one attached hydrogen (secondary N) is 2. The van der Waals surface area contributed by atoms with Gasteiger partial charge >= 0.3 is 11.9 Å². The summed E-state index contributed by atoms with van der Waals surface area (Å²) >= 11 is 16.6. The molecule has 0 saturated heterocycles. The zero-order chi connectivity index (χ0) is 48.0. The summed E-state index contributed by atoms with van der Waals surface area (Å²) in [6.45, 7) is 3.66. The van der Waals surface area contributed by atoms with E-state index in [1.807, 2.05) is 24.6 Å². The lowest BCUT2D eigenvalue weighted by molar-refractivity contribution is -0.140. The highest BCUT2D eigenvalue weighted by Crippen LogP contribution is 2.45. The van der Waals surface area contributed by atoms with Crippen molar-refractivity contribution in [3.63, 3.8) is 0 Å². The minimum absolute atomic E-state index is 0.00143. The monoisotopic (exact) mass is 986 g/mol. The van der Waals surface area contributed by atoms with Crippen molar-refractivity contribution in [2.24, 2.45) is 0 Å². The molecule has 0 radical (unpaired) electrons. The molecule has 0 fully saturated rings. The molecule has 67 heavy (non-hydrogen) atoms. The Bertz CT molecular complexity index is 2810. The van der Waals surface area contributed by atoms with Crippen molar-refractivity contribution < 1.29 is 49.0 Å². The molecule has 0 saturated carbocycles. The number of benzene rings is 2. The summed E-state index contributed by atoms with van der Waals surface area (Å²) < 4.78 is 25.1. The van der Waals surface area contributed by atoms with Crippen molar-refractivity contribution in [1.29, 1.82) is 10.5 Å². The van der Waals surface area contributed by atoms with Crippen LogP contribution in [-0.2, 0) is 42.5 Å². The molecule has 4 heterocycles. The van der Waals surface area contributed by atoms with Gasteiger partial charge < -0.3 is 50.0 Å². The van der Waals surface area contributed by atoms with Gasteiger partial charge in [-0.05, 0) is 61.9 Å². The number of halogens is 2. The molecule has 2 aromatic carbocycles. The van der Waals surface area contributed by atoms with E-state index < -0.39 is 24.0 Å². The predicted molar refractivity (Wildman–Crippen MR) is 251 cm³/mol. The molecular formula is C47H44Cl2N6O10S2. The lowest BCUT2D eigenvalue weighted by atomic mass is 10.1. The topological polar surface area (TPSA) is 249 Å². The molecular weight excluding hydrogens is 944 g/mol. The molecule has 348 valence electrons. The molecule has 2 atom stereocenters. The normalized spacial score (nSPS) is 11.9. The third-order valence-electron chi connectivity index (χ3n) is 10.3. The van der Waals surface area contributed by atoms with Gasteiger partial charge in [-0.15, -0.1) is 22.7 Å². The Morgan fingerprint density at radius 2 is 1.12 bits per heavy atom. The van der Waals surface area contributed by atoms with Crippen molar-refractivity contribution in [3.05, 3.63) is 132 Å². The highest BCUT2D eigenvalue weighted by Gasteiger charge is 2.23. The lowest BCUT2D eigenvalue weighted by Gasteiger charge is -2.18. The number of aliphatic hydroxyl groups excluding tert-OH is 2. The second-order valence-corrected chi connectivity index (χ2v) is 17.5. The summed E-state index contributed by atoms with van der Waals surface area (Å²) in [5.41, 5.74) is 5.84. The van der Waals surface area contributed by atoms with Crippen LogP contribution in [-0.4, -0.2) is 67.6 Å². The fraction of sp³-hybridized carbons (Fsp3) is 0.277. The van der Waals surface area contributed by atoms with Crippen LogP contribution in [0.25, 0.3) is 9.75 Å². The molecule has 16 nitrogen and oxygen atoms in total. The van der Waals surface area contributed by atoms with Crippen LogP contribution in [0.4, 0.5) is 0 Å². The van der Waals surface area contributed by atoms with E-state index in [0.717, 1.165) is 26.4 Å². The number of carboxylic acid groups (broad SMARTS) is 2. The van der Waals surface area contributed by atoms with Crippen molar-refractivity contribution in [1.82, 2.24) is 20.6 Å². The number of thiophene rings is 2. The Morgan fingerprint density at radius 1 is 0.642 bits per heavy atom. The van der Waals surface area contributed by atoms with Gasteiger partial charge in [-0.2, -0.15) is 10.5 Å². The van der Waals surface area contributed by atoms with Crippen LogP contribution in [0.3, 0.4) is 0 Å². The van der Waals surface area contributed by atoms with Crippen LogP contribution < -0.4 is 29.6 Å². The summed E-state index contributed by atoms with van der Waals surface area (Å²) in [7, 11) is 0. The number of rotatable bonds is 24. The summed E-state index contributed by atoms with van der Waals surface area (Å²) in [5.74, 6) is -0.337. The number of aliphatic carboxylic acids is 2. The standard InChI is InChI=1S/C47H44Cl2N6O10S2/c1-26-34(23-64-41-11-39(62-21-30-7-28(13-50)15-52-17-30)32(9-35(41)48)19-54-37(3-5-56)46(58)59)24-66-44(26)45-27(2)43(25-67-45)65-42-12-40(63-22-31-8-29(14-51)16-53-18-31)33(10-36(42)49)20-55-38(4-6-57)47(60)61/h7-12,15-18,24-25,37-38,54-57H,3-6,19-23H2,1-2H3,(H,58,59)(H,60,61). The van der Waals surface area contributed by atoms with E-state index in [1.54, 1.807) is 48.8 Å². The highest BCUT2D eigenvalue weighted by atomic mass is 35.5. The number of nitriles is 2. The number of pyridine rings is 2. The quantitative estimate of drug-likeness (QED) is 0.0334. The number of carbonyl (C=O) groups is 2. The van der Waals surface area contributed by atoms with Gasteiger partial charge in [-0.1, -0.05) is 23.2 Å². The Balaban J connectivity index is 1.20. The van der Waals surface area contributed by atoms with E-state index in [2.05, 4.69) is 32.7 Å². The largest absolute Gasteiger partial charge is 0.488 e. The van der Waals surface area contributed by atoms with Crippen LogP contribution in [0.5, 0.6) is 28.7 Å². The average molecular weight is 988 g/mol. The molecule has 0 spiro atoms. The molecule has 0 bridgehead atoms. The molecule has 6 aromatic rings. The third-order valence-corrected chi connectivity index (χ3v) is 13.3. The van der Waals surface area contributed by atoms with Gasteiger partial charge in [0.05, 0.1) is 26.0 Å². The van der Waals surface area contributed by atoms with Crippen LogP contribution in [0.15, 0.2) is 71.9 Å². The fourth-order valence-electron chi connectivity index (χ4n) is 6.63. The summed E-state index contributed by atoms with van der Waals surface area (Å²) in [4.78, 5) is 33.7. The van der Waals surface area contributed by atoms with E-state index in [0.29, 0.717) is 62.1 Å². The van der Waals surface area contributed by atoms with Gasteiger partial charge in [0.1, 0.15) is 72.8 Å². The zero-order valence-electron chi connectivity index (χ0n) is 36.0. The van der Waals surface area contributed by atoms with Gasteiger partial charge in [0.15, 0.2) is 0 Å². The Hall–Kier alpha value is -6.32. The zero-order valence-corrected chi connectivity index (χ0v) is 39.2. The number of aromatic nitrogens is 2.